The number of rotatable bonds is 7. The molecule has 0 saturated carbocycles. The molecule has 2 amide bonds. The average Bonchev–Trinajstić information content (AvgIpc) is 2.80. The molecule has 9 heteroatoms. The molecule has 1 heterocycles. The van der Waals surface area contributed by atoms with Gasteiger partial charge in [0.2, 0.25) is 0 Å². The highest BCUT2D eigenvalue weighted by Gasteiger charge is 2.31. The fourth-order valence-corrected chi connectivity index (χ4v) is 3.44. The lowest BCUT2D eigenvalue weighted by molar-refractivity contribution is -0.137. The van der Waals surface area contributed by atoms with Crippen molar-refractivity contribution in [1.29, 1.82) is 0 Å². The molecule has 3 rings (SSSR count). The Morgan fingerprint density at radius 3 is 2.29 bits per heavy atom. The van der Waals surface area contributed by atoms with Crippen molar-refractivity contribution in [3.05, 3.63) is 94.8 Å². The first-order valence-corrected chi connectivity index (χ1v) is 10.5. The van der Waals surface area contributed by atoms with Crippen molar-refractivity contribution in [3.63, 3.8) is 0 Å². The molecule has 1 atom stereocenters. The predicted octanol–water partition coefficient (Wildman–Crippen LogP) is 5.30. The molecule has 178 valence electrons. The van der Waals surface area contributed by atoms with E-state index in [0.717, 1.165) is 23.4 Å². The van der Waals surface area contributed by atoms with Gasteiger partial charge in [0.05, 0.1) is 5.56 Å². The monoisotopic (exact) mass is 471 g/mol. The van der Waals surface area contributed by atoms with Gasteiger partial charge < -0.3 is 15.3 Å². The number of amides is 2. The van der Waals surface area contributed by atoms with Gasteiger partial charge in [-0.3, -0.25) is 9.78 Å². The third kappa shape index (κ3) is 6.12. The van der Waals surface area contributed by atoms with Crippen LogP contribution in [0.1, 0.15) is 34.0 Å². The van der Waals surface area contributed by atoms with Crippen molar-refractivity contribution >= 4 is 17.7 Å². The number of hydrogen-bond acceptors (Lipinski definition) is 3. The number of aromatic nitrogens is 1. The fourth-order valence-electron chi connectivity index (χ4n) is 3.44. The van der Waals surface area contributed by atoms with Crippen molar-refractivity contribution < 1.29 is 27.9 Å². The highest BCUT2D eigenvalue weighted by atomic mass is 19.4. The lowest BCUT2D eigenvalue weighted by Gasteiger charge is -2.28. The molecule has 0 spiro atoms. The number of pyridine rings is 1. The predicted molar refractivity (Wildman–Crippen MR) is 122 cm³/mol. The Labute approximate surface area is 195 Å². The molecule has 2 N–H and O–H groups in total. The summed E-state index contributed by atoms with van der Waals surface area (Å²) in [6.07, 6.45) is -4.91. The molecule has 6 nitrogen and oxygen atoms in total. The topological polar surface area (TPSA) is 82.5 Å². The number of carbonyl (C=O) groups excluding carboxylic acids is 1. The third-order valence-electron chi connectivity index (χ3n) is 5.46. The van der Waals surface area contributed by atoms with E-state index in [9.17, 15) is 27.9 Å². The fraction of sp³-hybridized carbons (Fsp3) is 0.240. The first kappa shape index (κ1) is 24.8. The summed E-state index contributed by atoms with van der Waals surface area (Å²) in [6.45, 7) is 3.91. The minimum absolute atomic E-state index is 0.0876. The number of carboxylic acid groups (broad SMARTS) is 1. The highest BCUT2D eigenvalue weighted by molar-refractivity contribution is 5.99. The molecule has 0 bridgehead atoms. The summed E-state index contributed by atoms with van der Waals surface area (Å²) >= 11 is 0. The molecule has 0 aliphatic rings. The number of nitrogens with zero attached hydrogens (tertiary/aromatic N) is 2. The highest BCUT2D eigenvalue weighted by Crippen LogP contribution is 2.29. The van der Waals surface area contributed by atoms with Crippen LogP contribution in [0.3, 0.4) is 0 Å². The summed E-state index contributed by atoms with van der Waals surface area (Å²) in [6, 6.07) is 14.9. The summed E-state index contributed by atoms with van der Waals surface area (Å²) in [7, 11) is 0. The smallest absolute Gasteiger partial charge is 0.417 e. The minimum atomic E-state index is -4.49. The number of aryl methyl sites for hydroxylation is 2. The van der Waals surface area contributed by atoms with Crippen molar-refractivity contribution in [1.82, 2.24) is 10.3 Å². The Hall–Kier alpha value is -3.88. The van der Waals surface area contributed by atoms with Crippen LogP contribution in [0.25, 0.3) is 0 Å². The molecule has 34 heavy (non-hydrogen) atoms. The van der Waals surface area contributed by atoms with E-state index >= 15 is 0 Å². The molecule has 3 aromatic rings. The number of nitrogens with one attached hydrogen (secondary N) is 1. The van der Waals surface area contributed by atoms with E-state index in [1.54, 1.807) is 36.4 Å². The number of halogens is 3. The molecular formula is C25H24F3N3O3. The lowest BCUT2D eigenvalue weighted by atomic mass is 10.0. The average molecular weight is 471 g/mol. The van der Waals surface area contributed by atoms with E-state index in [4.69, 9.17) is 0 Å². The summed E-state index contributed by atoms with van der Waals surface area (Å²) in [5.41, 5.74) is 2.49. The zero-order chi connectivity index (χ0) is 24.9. The van der Waals surface area contributed by atoms with Gasteiger partial charge >= 0.3 is 12.3 Å². The Balaban J connectivity index is 1.93. The molecule has 0 fully saturated rings. The summed E-state index contributed by atoms with van der Waals surface area (Å²) in [4.78, 5) is 30.4. The molecule has 0 aliphatic carbocycles. The molecule has 0 saturated heterocycles. The van der Waals surface area contributed by atoms with Gasteiger partial charge in [-0.05, 0) is 54.8 Å². The van der Waals surface area contributed by atoms with Crippen LogP contribution in [0.4, 0.5) is 23.7 Å². The van der Waals surface area contributed by atoms with E-state index in [1.165, 1.54) is 11.0 Å². The maximum atomic E-state index is 13.6. The molecule has 0 unspecified atom stereocenters. The Morgan fingerprint density at radius 2 is 1.74 bits per heavy atom. The third-order valence-corrected chi connectivity index (χ3v) is 5.46. The van der Waals surface area contributed by atoms with Crippen molar-refractivity contribution in [2.24, 2.45) is 0 Å². The van der Waals surface area contributed by atoms with E-state index in [-0.39, 0.29) is 13.0 Å². The van der Waals surface area contributed by atoms with Crippen LogP contribution in [0.5, 0.6) is 0 Å². The summed E-state index contributed by atoms with van der Waals surface area (Å²) in [5, 5.41) is 11.6. The van der Waals surface area contributed by atoms with Gasteiger partial charge in [-0.25, -0.2) is 4.79 Å². The van der Waals surface area contributed by atoms with Gasteiger partial charge in [0, 0.05) is 30.5 Å². The molecule has 0 radical (unpaired) electrons. The second kappa shape index (κ2) is 10.4. The Bertz CT molecular complexity index is 1150. The van der Waals surface area contributed by atoms with Crippen LogP contribution >= 0.6 is 0 Å². The van der Waals surface area contributed by atoms with E-state index < -0.39 is 29.8 Å². The number of carbonyl (C=O) groups is 2. The Kier molecular flexibility index (Phi) is 7.55. The Morgan fingerprint density at radius 1 is 1.03 bits per heavy atom. The van der Waals surface area contributed by atoms with Crippen LogP contribution < -0.4 is 10.2 Å². The molecule has 1 aromatic heterocycles. The first-order chi connectivity index (χ1) is 16.1. The van der Waals surface area contributed by atoms with Gasteiger partial charge in [-0.1, -0.05) is 36.4 Å². The quantitative estimate of drug-likeness (QED) is 0.490. The second-order valence-corrected chi connectivity index (χ2v) is 7.84. The number of anilines is 1. The van der Waals surface area contributed by atoms with Gasteiger partial charge in [-0.2, -0.15) is 13.2 Å². The van der Waals surface area contributed by atoms with Crippen LogP contribution in [0.15, 0.2) is 66.9 Å². The minimum Gasteiger partial charge on any atom is -0.465 e. The standard InChI is InChI=1S/C25H24F3N3O3/c1-16-8-11-21(14-17(16)2)31(13-12-20-10-9-19(15-29-20)25(26,27)28)23(32)22(30-24(33)34)18-6-4-3-5-7-18/h3-11,14-15,22,30H,12-13H2,1-2H3,(H,33,34)/t22-/m0/s1. The normalized spacial score (nSPS) is 12.1. The number of hydrogen-bond donors (Lipinski definition) is 2. The van der Waals surface area contributed by atoms with Crippen molar-refractivity contribution in [3.8, 4) is 0 Å². The zero-order valence-corrected chi connectivity index (χ0v) is 18.6. The van der Waals surface area contributed by atoms with Crippen molar-refractivity contribution in [2.75, 3.05) is 11.4 Å². The van der Waals surface area contributed by atoms with E-state index in [1.807, 2.05) is 26.0 Å². The van der Waals surface area contributed by atoms with E-state index in [2.05, 4.69) is 10.3 Å². The van der Waals surface area contributed by atoms with Gasteiger partial charge in [0.15, 0.2) is 0 Å². The van der Waals surface area contributed by atoms with Crippen molar-refractivity contribution in [2.45, 2.75) is 32.5 Å². The SMILES string of the molecule is Cc1ccc(N(CCc2ccc(C(F)(F)F)cn2)C(=O)[C@@H](NC(=O)O)c2ccccc2)cc1C. The van der Waals surface area contributed by atoms with Gasteiger partial charge in [-0.15, -0.1) is 0 Å². The second-order valence-electron chi connectivity index (χ2n) is 7.84. The van der Waals surface area contributed by atoms with E-state index in [0.29, 0.717) is 16.9 Å². The van der Waals surface area contributed by atoms with Crippen LogP contribution in [0, 0.1) is 13.8 Å². The zero-order valence-electron chi connectivity index (χ0n) is 18.6. The van der Waals surface area contributed by atoms with Gasteiger partial charge in [0.1, 0.15) is 6.04 Å². The maximum absolute atomic E-state index is 13.6. The summed E-state index contributed by atoms with van der Waals surface area (Å²) in [5.74, 6) is -0.510. The first-order valence-electron chi connectivity index (χ1n) is 10.5. The molecule has 0 aliphatic heterocycles. The summed E-state index contributed by atoms with van der Waals surface area (Å²) < 4.78 is 38.5. The lowest BCUT2D eigenvalue weighted by Crippen LogP contribution is -2.43. The molecule has 2 aromatic carbocycles. The molecular weight excluding hydrogens is 447 g/mol. The van der Waals surface area contributed by atoms with Crippen LogP contribution in [0.2, 0.25) is 0 Å². The number of alkyl halides is 3. The largest absolute Gasteiger partial charge is 0.465 e. The van der Waals surface area contributed by atoms with Crippen LogP contribution in [-0.2, 0) is 17.4 Å². The number of benzene rings is 2. The van der Waals surface area contributed by atoms with Gasteiger partial charge in [0.25, 0.3) is 5.91 Å². The van der Waals surface area contributed by atoms with Crippen LogP contribution in [-0.4, -0.2) is 28.6 Å². The maximum Gasteiger partial charge on any atom is 0.417 e.